The predicted molar refractivity (Wildman–Crippen MR) is 103 cm³/mol. The first-order chi connectivity index (χ1) is 12.9. The Hall–Kier alpha value is -1.88. The van der Waals surface area contributed by atoms with E-state index in [1.807, 2.05) is 0 Å². The van der Waals surface area contributed by atoms with Crippen LogP contribution in [0.2, 0.25) is 0 Å². The van der Waals surface area contributed by atoms with Crippen LogP contribution in [0.5, 0.6) is 0 Å². The van der Waals surface area contributed by atoms with E-state index in [2.05, 4.69) is 4.99 Å². The number of amides is 1. The number of carbonyl (C=O) groups is 1. The topological polar surface area (TPSA) is 71.7 Å². The first kappa shape index (κ1) is 18.5. The van der Waals surface area contributed by atoms with Crippen LogP contribution in [-0.2, 0) is 21.9 Å². The summed E-state index contributed by atoms with van der Waals surface area (Å²) in [6, 6.07) is 6.79. The molecule has 1 saturated heterocycles. The van der Waals surface area contributed by atoms with Crippen molar-refractivity contribution < 1.29 is 17.6 Å². The summed E-state index contributed by atoms with van der Waals surface area (Å²) in [5, 5.41) is 1.69. The van der Waals surface area contributed by atoms with Gasteiger partial charge in [0.1, 0.15) is 16.1 Å². The number of hydrogen-bond donors (Lipinski definition) is 0. The van der Waals surface area contributed by atoms with Gasteiger partial charge in [-0.05, 0) is 42.5 Å². The van der Waals surface area contributed by atoms with Gasteiger partial charge in [-0.25, -0.2) is 12.8 Å². The van der Waals surface area contributed by atoms with Crippen molar-refractivity contribution in [1.29, 1.82) is 0 Å². The predicted octanol–water partition coefficient (Wildman–Crippen LogP) is 2.72. The minimum atomic E-state index is -3.70. The number of thiophene rings is 1. The number of hydrogen-bond acceptors (Lipinski definition) is 5. The lowest BCUT2D eigenvalue weighted by Crippen LogP contribution is -2.40. The van der Waals surface area contributed by atoms with Crippen molar-refractivity contribution in [3.05, 3.63) is 46.3 Å². The fourth-order valence-electron chi connectivity index (χ4n) is 3.18. The maximum Gasteiger partial charge on any atom is 0.266 e. The maximum absolute atomic E-state index is 13.4. The van der Waals surface area contributed by atoms with Gasteiger partial charge in [0.15, 0.2) is 4.80 Å². The van der Waals surface area contributed by atoms with E-state index in [-0.39, 0.29) is 10.0 Å². The second kappa shape index (κ2) is 6.93. The summed E-state index contributed by atoms with van der Waals surface area (Å²) in [7, 11) is -1.96. The monoisotopic (exact) mass is 425 g/mol. The zero-order chi connectivity index (χ0) is 19.2. The highest BCUT2D eigenvalue weighted by Gasteiger charge is 2.39. The normalized spacial score (nSPS) is 19.2. The second-order valence-electron chi connectivity index (χ2n) is 6.21. The molecule has 1 aromatic carbocycles. The van der Waals surface area contributed by atoms with Crippen LogP contribution < -0.4 is 4.80 Å². The highest BCUT2D eigenvalue weighted by Crippen LogP contribution is 2.29. The standard InChI is InChI=1S/C17H16FN3O3S3/c1-20-12-7-6-11(18)10-14(12)26-17(20)19-16(22)13-4-2-8-21(13)27(23,24)15-5-3-9-25-15/h3,5-7,9-10,13H,2,4,8H2,1H3. The molecule has 3 heterocycles. The summed E-state index contributed by atoms with van der Waals surface area (Å²) in [5.74, 6) is -0.846. The molecule has 3 aromatic rings. The summed E-state index contributed by atoms with van der Waals surface area (Å²) in [4.78, 5) is 17.4. The van der Waals surface area contributed by atoms with Gasteiger partial charge in [0.25, 0.3) is 15.9 Å². The smallest absolute Gasteiger partial charge is 0.266 e. The van der Waals surface area contributed by atoms with E-state index in [9.17, 15) is 17.6 Å². The molecule has 1 atom stereocenters. The SMILES string of the molecule is Cn1c(=NC(=O)C2CCCN2S(=O)(=O)c2cccs2)sc2cc(F)ccc21. The summed E-state index contributed by atoms with van der Waals surface area (Å²) >= 11 is 2.33. The molecule has 4 rings (SSSR count). The van der Waals surface area contributed by atoms with Crippen LogP contribution in [0.15, 0.2) is 44.9 Å². The number of nitrogens with zero attached hydrogens (tertiary/aromatic N) is 3. The zero-order valence-corrected chi connectivity index (χ0v) is 16.8. The number of carbonyl (C=O) groups excluding carboxylic acids is 1. The molecule has 0 saturated carbocycles. The lowest BCUT2D eigenvalue weighted by Gasteiger charge is -2.20. The minimum absolute atomic E-state index is 0.227. The van der Waals surface area contributed by atoms with Crippen molar-refractivity contribution in [2.24, 2.45) is 12.0 Å². The molecule has 0 spiro atoms. The molecular weight excluding hydrogens is 409 g/mol. The van der Waals surface area contributed by atoms with Gasteiger partial charge in [0.2, 0.25) is 0 Å². The maximum atomic E-state index is 13.4. The van der Waals surface area contributed by atoms with Gasteiger partial charge in [-0.2, -0.15) is 9.30 Å². The molecule has 1 aliphatic rings. The van der Waals surface area contributed by atoms with Crippen LogP contribution in [0.25, 0.3) is 10.2 Å². The molecule has 10 heteroatoms. The number of benzene rings is 1. The minimum Gasteiger partial charge on any atom is -0.319 e. The van der Waals surface area contributed by atoms with Gasteiger partial charge in [-0.15, -0.1) is 11.3 Å². The average molecular weight is 426 g/mol. The van der Waals surface area contributed by atoms with Crippen LogP contribution in [0.4, 0.5) is 4.39 Å². The molecular formula is C17H16FN3O3S3. The Bertz CT molecular complexity index is 1180. The Morgan fingerprint density at radius 3 is 2.89 bits per heavy atom. The second-order valence-corrected chi connectivity index (χ2v) is 10.3. The van der Waals surface area contributed by atoms with Crippen molar-refractivity contribution in [3.8, 4) is 0 Å². The molecule has 27 heavy (non-hydrogen) atoms. The molecule has 0 radical (unpaired) electrons. The highest BCUT2D eigenvalue weighted by molar-refractivity contribution is 7.91. The van der Waals surface area contributed by atoms with E-state index in [1.54, 1.807) is 29.1 Å². The van der Waals surface area contributed by atoms with Gasteiger partial charge >= 0.3 is 0 Å². The largest absolute Gasteiger partial charge is 0.319 e. The summed E-state index contributed by atoms with van der Waals surface area (Å²) < 4.78 is 42.9. The van der Waals surface area contributed by atoms with Crippen molar-refractivity contribution in [3.63, 3.8) is 0 Å². The number of aryl methyl sites for hydroxylation is 1. The van der Waals surface area contributed by atoms with E-state index in [4.69, 9.17) is 0 Å². The van der Waals surface area contributed by atoms with Gasteiger partial charge in [0.05, 0.1) is 10.2 Å². The molecule has 6 nitrogen and oxygen atoms in total. The lowest BCUT2D eigenvalue weighted by atomic mass is 10.2. The molecule has 142 valence electrons. The first-order valence-corrected chi connectivity index (χ1v) is 11.4. The van der Waals surface area contributed by atoms with Gasteiger partial charge in [-0.3, -0.25) is 4.79 Å². The number of rotatable bonds is 3. The van der Waals surface area contributed by atoms with Crippen LogP contribution >= 0.6 is 22.7 Å². The van der Waals surface area contributed by atoms with Crippen LogP contribution in [0.1, 0.15) is 12.8 Å². The van der Waals surface area contributed by atoms with Gasteiger partial charge in [0, 0.05) is 13.6 Å². The summed E-state index contributed by atoms with van der Waals surface area (Å²) in [6.07, 6.45) is 1.05. The molecule has 1 fully saturated rings. The van der Waals surface area contributed by atoms with Crippen molar-refractivity contribution >= 4 is 48.8 Å². The average Bonchev–Trinajstić information content (AvgIpc) is 3.35. The van der Waals surface area contributed by atoms with Crippen LogP contribution in [-0.4, -0.2) is 35.8 Å². The van der Waals surface area contributed by atoms with E-state index in [0.717, 1.165) is 16.9 Å². The lowest BCUT2D eigenvalue weighted by molar-refractivity contribution is -0.121. The molecule has 2 aromatic heterocycles. The zero-order valence-electron chi connectivity index (χ0n) is 14.3. The molecule has 1 unspecified atom stereocenters. The molecule has 1 amide bonds. The fourth-order valence-corrected chi connectivity index (χ4v) is 7.00. The Balaban J connectivity index is 1.70. The molecule has 0 bridgehead atoms. The quantitative estimate of drug-likeness (QED) is 0.648. The number of sulfonamides is 1. The first-order valence-electron chi connectivity index (χ1n) is 8.27. The Kier molecular flexibility index (Phi) is 4.75. The number of thiazole rings is 1. The third kappa shape index (κ3) is 3.27. The fraction of sp³-hybridized carbons (Fsp3) is 0.294. The summed E-state index contributed by atoms with van der Waals surface area (Å²) in [5.41, 5.74) is 0.766. The van der Waals surface area contributed by atoms with Crippen LogP contribution in [0.3, 0.4) is 0 Å². The van der Waals surface area contributed by atoms with Crippen molar-refractivity contribution in [1.82, 2.24) is 8.87 Å². The molecule has 0 N–H and O–H groups in total. The Labute approximate surface area is 163 Å². The van der Waals surface area contributed by atoms with Crippen molar-refractivity contribution in [2.45, 2.75) is 23.1 Å². The third-order valence-electron chi connectivity index (χ3n) is 4.52. The van der Waals surface area contributed by atoms with E-state index in [0.29, 0.717) is 28.9 Å². The third-order valence-corrected chi connectivity index (χ3v) is 8.90. The number of aromatic nitrogens is 1. The Morgan fingerprint density at radius 1 is 1.33 bits per heavy atom. The summed E-state index contributed by atoms with van der Waals surface area (Å²) in [6.45, 7) is 0.302. The number of halogens is 1. The van der Waals surface area contributed by atoms with E-state index >= 15 is 0 Å². The van der Waals surface area contributed by atoms with Crippen molar-refractivity contribution in [2.75, 3.05) is 6.54 Å². The van der Waals surface area contributed by atoms with Gasteiger partial charge < -0.3 is 4.57 Å². The molecule has 0 aliphatic carbocycles. The van der Waals surface area contributed by atoms with Gasteiger partial charge in [-0.1, -0.05) is 17.4 Å². The highest BCUT2D eigenvalue weighted by atomic mass is 32.2. The van der Waals surface area contributed by atoms with E-state index < -0.39 is 22.0 Å². The Morgan fingerprint density at radius 2 is 2.15 bits per heavy atom. The van der Waals surface area contributed by atoms with Crippen LogP contribution in [0, 0.1) is 5.82 Å². The molecule has 1 aliphatic heterocycles. The van der Waals surface area contributed by atoms with E-state index in [1.165, 1.54) is 33.8 Å². The number of fused-ring (bicyclic) bond motifs is 1.